The third-order valence-electron chi connectivity index (χ3n) is 2.27. The Labute approximate surface area is 105 Å². The van der Waals surface area contributed by atoms with E-state index in [2.05, 4.69) is 27.5 Å². The molecule has 0 atom stereocenters. The van der Waals surface area contributed by atoms with Crippen LogP contribution < -0.4 is 10.6 Å². The molecule has 0 aliphatic carbocycles. The SMILES string of the molecule is CCCNc1cc(NCc2cscn2)ccn1. The van der Waals surface area contributed by atoms with Gasteiger partial charge in [-0.25, -0.2) is 9.97 Å². The van der Waals surface area contributed by atoms with E-state index in [9.17, 15) is 0 Å². The van der Waals surface area contributed by atoms with Crippen LogP contribution in [0.4, 0.5) is 11.5 Å². The van der Waals surface area contributed by atoms with Crippen LogP contribution in [0.15, 0.2) is 29.2 Å². The van der Waals surface area contributed by atoms with E-state index in [1.165, 1.54) is 0 Å². The van der Waals surface area contributed by atoms with Crippen molar-refractivity contribution in [1.29, 1.82) is 0 Å². The summed E-state index contributed by atoms with van der Waals surface area (Å²) >= 11 is 1.61. The van der Waals surface area contributed by atoms with Crippen LogP contribution in [-0.4, -0.2) is 16.5 Å². The van der Waals surface area contributed by atoms with Gasteiger partial charge in [-0.05, 0) is 12.5 Å². The lowest BCUT2D eigenvalue weighted by atomic mass is 10.3. The average molecular weight is 248 g/mol. The fraction of sp³-hybridized carbons (Fsp3) is 0.333. The van der Waals surface area contributed by atoms with E-state index in [0.717, 1.165) is 36.7 Å². The van der Waals surface area contributed by atoms with Gasteiger partial charge in [0, 0.05) is 29.9 Å². The highest BCUT2D eigenvalue weighted by Gasteiger charge is 1.98. The van der Waals surface area contributed by atoms with Crippen LogP contribution >= 0.6 is 11.3 Å². The predicted molar refractivity (Wildman–Crippen MR) is 72.5 cm³/mol. The molecule has 4 nitrogen and oxygen atoms in total. The monoisotopic (exact) mass is 248 g/mol. The van der Waals surface area contributed by atoms with Crippen LogP contribution in [0.2, 0.25) is 0 Å². The Balaban J connectivity index is 1.91. The summed E-state index contributed by atoms with van der Waals surface area (Å²) in [5.74, 6) is 0.912. The van der Waals surface area contributed by atoms with Gasteiger partial charge in [0.15, 0.2) is 0 Å². The number of nitrogens with one attached hydrogen (secondary N) is 2. The number of hydrogen-bond donors (Lipinski definition) is 2. The minimum absolute atomic E-state index is 0.751. The summed E-state index contributed by atoms with van der Waals surface area (Å²) in [4.78, 5) is 8.49. The maximum absolute atomic E-state index is 4.26. The molecule has 0 saturated carbocycles. The number of aromatic nitrogens is 2. The molecule has 0 aromatic carbocycles. The van der Waals surface area contributed by atoms with Crippen molar-refractivity contribution in [3.63, 3.8) is 0 Å². The fourth-order valence-electron chi connectivity index (χ4n) is 1.41. The van der Waals surface area contributed by atoms with Crippen molar-refractivity contribution < 1.29 is 0 Å². The van der Waals surface area contributed by atoms with E-state index in [-0.39, 0.29) is 0 Å². The molecule has 0 bridgehead atoms. The molecular weight excluding hydrogens is 232 g/mol. The molecule has 0 saturated heterocycles. The van der Waals surface area contributed by atoms with Crippen LogP contribution in [0.3, 0.4) is 0 Å². The predicted octanol–water partition coefficient (Wildman–Crippen LogP) is 2.97. The number of nitrogens with zero attached hydrogens (tertiary/aromatic N) is 2. The van der Waals surface area contributed by atoms with Crippen LogP contribution in [0.5, 0.6) is 0 Å². The molecule has 2 heterocycles. The normalized spacial score (nSPS) is 10.2. The molecule has 5 heteroatoms. The zero-order valence-electron chi connectivity index (χ0n) is 9.81. The molecule has 90 valence electrons. The van der Waals surface area contributed by atoms with Gasteiger partial charge >= 0.3 is 0 Å². The van der Waals surface area contributed by atoms with Crippen molar-refractivity contribution in [3.05, 3.63) is 34.9 Å². The van der Waals surface area contributed by atoms with Crippen molar-refractivity contribution in [2.24, 2.45) is 0 Å². The van der Waals surface area contributed by atoms with Gasteiger partial charge in [0.2, 0.25) is 0 Å². The van der Waals surface area contributed by atoms with E-state index >= 15 is 0 Å². The van der Waals surface area contributed by atoms with Gasteiger partial charge in [0.1, 0.15) is 5.82 Å². The van der Waals surface area contributed by atoms with E-state index in [1.54, 1.807) is 17.5 Å². The first-order valence-electron chi connectivity index (χ1n) is 5.69. The van der Waals surface area contributed by atoms with Gasteiger partial charge in [0.05, 0.1) is 17.7 Å². The van der Waals surface area contributed by atoms with Crippen molar-refractivity contribution in [2.75, 3.05) is 17.2 Å². The van der Waals surface area contributed by atoms with Crippen LogP contribution in [0, 0.1) is 0 Å². The van der Waals surface area contributed by atoms with Crippen molar-refractivity contribution in [3.8, 4) is 0 Å². The number of hydrogen-bond acceptors (Lipinski definition) is 5. The van der Waals surface area contributed by atoms with Crippen molar-refractivity contribution in [2.45, 2.75) is 19.9 Å². The summed E-state index contributed by atoms with van der Waals surface area (Å²) in [6.07, 6.45) is 2.90. The van der Waals surface area contributed by atoms with Crippen LogP contribution in [0.25, 0.3) is 0 Å². The Bertz CT molecular complexity index is 442. The smallest absolute Gasteiger partial charge is 0.127 e. The zero-order valence-corrected chi connectivity index (χ0v) is 10.6. The molecule has 0 radical (unpaired) electrons. The maximum atomic E-state index is 4.26. The number of rotatable bonds is 6. The lowest BCUT2D eigenvalue weighted by molar-refractivity contribution is 0.969. The third kappa shape index (κ3) is 3.71. The second-order valence-corrected chi connectivity index (χ2v) is 4.41. The topological polar surface area (TPSA) is 49.8 Å². The summed E-state index contributed by atoms with van der Waals surface area (Å²) in [7, 11) is 0. The molecule has 0 fully saturated rings. The molecule has 2 aromatic heterocycles. The molecular formula is C12H16N4S. The van der Waals surface area contributed by atoms with Gasteiger partial charge in [-0.1, -0.05) is 6.92 Å². The molecule has 2 rings (SSSR count). The standard InChI is InChI=1S/C12H16N4S/c1-2-4-13-12-6-10(3-5-14-12)15-7-11-8-17-9-16-11/h3,5-6,8-9H,2,4,7H2,1H3,(H2,13,14,15). The Kier molecular flexibility index (Phi) is 4.32. The van der Waals surface area contributed by atoms with Crippen LogP contribution in [0.1, 0.15) is 19.0 Å². The number of thiazole rings is 1. The number of anilines is 2. The summed E-state index contributed by atoms with van der Waals surface area (Å²) in [6.45, 7) is 3.83. The molecule has 0 spiro atoms. The van der Waals surface area contributed by atoms with Gasteiger partial charge in [-0.15, -0.1) is 11.3 Å². The van der Waals surface area contributed by atoms with Crippen molar-refractivity contribution >= 4 is 22.8 Å². The minimum atomic E-state index is 0.751. The Morgan fingerprint density at radius 1 is 1.29 bits per heavy atom. The zero-order chi connectivity index (χ0) is 11.9. The largest absolute Gasteiger partial charge is 0.379 e. The molecule has 2 N–H and O–H groups in total. The lowest BCUT2D eigenvalue weighted by Gasteiger charge is -2.07. The van der Waals surface area contributed by atoms with E-state index in [0.29, 0.717) is 0 Å². The summed E-state index contributed by atoms with van der Waals surface area (Å²) < 4.78 is 0. The van der Waals surface area contributed by atoms with Gasteiger partial charge in [-0.3, -0.25) is 0 Å². The first-order chi connectivity index (χ1) is 8.38. The van der Waals surface area contributed by atoms with E-state index in [1.807, 2.05) is 23.0 Å². The Morgan fingerprint density at radius 3 is 3.00 bits per heavy atom. The lowest BCUT2D eigenvalue weighted by Crippen LogP contribution is -2.04. The molecule has 0 aliphatic rings. The van der Waals surface area contributed by atoms with Gasteiger partial charge in [0.25, 0.3) is 0 Å². The van der Waals surface area contributed by atoms with Crippen molar-refractivity contribution in [1.82, 2.24) is 9.97 Å². The van der Waals surface area contributed by atoms with E-state index in [4.69, 9.17) is 0 Å². The third-order valence-corrected chi connectivity index (χ3v) is 2.91. The highest BCUT2D eigenvalue weighted by atomic mass is 32.1. The summed E-state index contributed by atoms with van der Waals surface area (Å²) in [5, 5.41) is 8.64. The average Bonchev–Trinajstić information content (AvgIpc) is 2.87. The Morgan fingerprint density at radius 2 is 2.24 bits per heavy atom. The van der Waals surface area contributed by atoms with Gasteiger partial charge in [-0.2, -0.15) is 0 Å². The highest BCUT2D eigenvalue weighted by molar-refractivity contribution is 7.07. The first kappa shape index (κ1) is 11.9. The highest BCUT2D eigenvalue weighted by Crippen LogP contribution is 2.13. The molecule has 17 heavy (non-hydrogen) atoms. The second-order valence-electron chi connectivity index (χ2n) is 3.69. The fourth-order valence-corrected chi connectivity index (χ4v) is 1.97. The molecule has 0 unspecified atom stereocenters. The van der Waals surface area contributed by atoms with E-state index < -0.39 is 0 Å². The minimum Gasteiger partial charge on any atom is -0.379 e. The first-order valence-corrected chi connectivity index (χ1v) is 6.63. The summed E-state index contributed by atoms with van der Waals surface area (Å²) in [5.41, 5.74) is 3.97. The maximum Gasteiger partial charge on any atom is 0.127 e. The summed E-state index contributed by atoms with van der Waals surface area (Å²) in [6, 6.07) is 3.98. The quantitative estimate of drug-likeness (QED) is 0.825. The van der Waals surface area contributed by atoms with Gasteiger partial charge < -0.3 is 10.6 Å². The van der Waals surface area contributed by atoms with Crippen LogP contribution in [-0.2, 0) is 6.54 Å². The molecule has 2 aromatic rings. The molecule has 0 aliphatic heterocycles. The Hall–Kier alpha value is -1.62. The number of pyridine rings is 1. The molecule has 0 amide bonds. The second kappa shape index (κ2) is 6.20.